The zero-order valence-corrected chi connectivity index (χ0v) is 15.2. The normalized spacial score (nSPS) is 24.0. The summed E-state index contributed by atoms with van der Waals surface area (Å²) in [6.07, 6.45) is 18.3. The predicted molar refractivity (Wildman–Crippen MR) is 99.5 cm³/mol. The van der Waals surface area contributed by atoms with Gasteiger partial charge in [0.1, 0.15) is 0 Å². The van der Waals surface area contributed by atoms with Gasteiger partial charge in [-0.15, -0.1) is 0 Å². The Bertz CT molecular complexity index is 531. The van der Waals surface area contributed by atoms with Gasteiger partial charge >= 0.3 is 0 Å². The largest absolute Gasteiger partial charge is 0.0840 e. The van der Waals surface area contributed by atoms with Crippen molar-refractivity contribution in [1.29, 1.82) is 0 Å². The molecule has 23 heavy (non-hydrogen) atoms. The van der Waals surface area contributed by atoms with E-state index in [1.165, 1.54) is 83.5 Å². The molecule has 3 fully saturated rings. The Kier molecular flexibility index (Phi) is 4.99. The third kappa shape index (κ3) is 3.63. The molecule has 3 aliphatic carbocycles. The molecule has 0 spiro atoms. The first kappa shape index (κ1) is 16.0. The van der Waals surface area contributed by atoms with Crippen LogP contribution in [0.1, 0.15) is 106 Å². The molecule has 0 aromatic heterocycles. The lowest BCUT2D eigenvalue weighted by atomic mass is 9.73. The van der Waals surface area contributed by atoms with Gasteiger partial charge in [0.25, 0.3) is 0 Å². The summed E-state index contributed by atoms with van der Waals surface area (Å²) in [4.78, 5) is 0. The van der Waals surface area contributed by atoms with Crippen LogP contribution in [-0.4, -0.2) is 0 Å². The highest BCUT2D eigenvalue weighted by Gasteiger charge is 2.30. The van der Waals surface area contributed by atoms with E-state index in [0.29, 0.717) is 0 Å². The van der Waals surface area contributed by atoms with Crippen molar-refractivity contribution >= 4 is 11.6 Å². The van der Waals surface area contributed by atoms with E-state index in [1.54, 1.807) is 16.7 Å². The first-order valence-electron chi connectivity index (χ1n) is 10.1. The number of rotatable bonds is 4. The first-order valence-corrected chi connectivity index (χ1v) is 10.5. The van der Waals surface area contributed by atoms with E-state index in [0.717, 1.165) is 22.8 Å². The molecule has 0 unspecified atom stereocenters. The van der Waals surface area contributed by atoms with Crippen molar-refractivity contribution in [2.24, 2.45) is 5.92 Å². The van der Waals surface area contributed by atoms with Gasteiger partial charge in [0, 0.05) is 5.02 Å². The molecule has 4 rings (SSSR count). The minimum atomic E-state index is 0.743. The standard InChI is InChI=1S/C22H31Cl/c23-20-14-13-19(15-16-11-12-16)21(17-7-3-1-4-8-17)22(20)18-9-5-2-6-10-18/h13-14,16-18H,1-12,15H2. The summed E-state index contributed by atoms with van der Waals surface area (Å²) < 4.78 is 0. The molecule has 1 heteroatoms. The fourth-order valence-corrected chi connectivity index (χ4v) is 5.46. The van der Waals surface area contributed by atoms with Crippen LogP contribution in [0.4, 0.5) is 0 Å². The molecular weight excluding hydrogens is 300 g/mol. The van der Waals surface area contributed by atoms with E-state index in [2.05, 4.69) is 12.1 Å². The topological polar surface area (TPSA) is 0 Å². The Morgan fingerprint density at radius 2 is 1.26 bits per heavy atom. The number of benzene rings is 1. The molecule has 3 aliphatic rings. The molecular formula is C22H31Cl. The third-order valence-corrected chi connectivity index (χ3v) is 6.89. The van der Waals surface area contributed by atoms with Crippen LogP contribution in [-0.2, 0) is 6.42 Å². The molecule has 1 aromatic rings. The summed E-state index contributed by atoms with van der Waals surface area (Å²) in [5.41, 5.74) is 5.00. The van der Waals surface area contributed by atoms with Gasteiger partial charge in [-0.2, -0.15) is 0 Å². The van der Waals surface area contributed by atoms with E-state index in [9.17, 15) is 0 Å². The van der Waals surface area contributed by atoms with Crippen molar-refractivity contribution in [3.8, 4) is 0 Å². The molecule has 0 heterocycles. The molecule has 3 saturated carbocycles. The van der Waals surface area contributed by atoms with E-state index in [4.69, 9.17) is 11.6 Å². The summed E-state index contributed by atoms with van der Waals surface area (Å²) in [6.45, 7) is 0. The highest BCUT2D eigenvalue weighted by Crippen LogP contribution is 2.46. The minimum Gasteiger partial charge on any atom is -0.0840 e. The lowest BCUT2D eigenvalue weighted by Gasteiger charge is -2.32. The Morgan fingerprint density at radius 1 is 0.696 bits per heavy atom. The van der Waals surface area contributed by atoms with Gasteiger partial charge in [-0.3, -0.25) is 0 Å². The van der Waals surface area contributed by atoms with Crippen LogP contribution in [0.2, 0.25) is 5.02 Å². The quantitative estimate of drug-likeness (QED) is 0.540. The van der Waals surface area contributed by atoms with Crippen molar-refractivity contribution < 1.29 is 0 Å². The van der Waals surface area contributed by atoms with Gasteiger partial charge in [-0.05, 0) is 85.5 Å². The molecule has 0 aliphatic heterocycles. The van der Waals surface area contributed by atoms with Crippen LogP contribution >= 0.6 is 11.6 Å². The maximum atomic E-state index is 6.81. The second kappa shape index (κ2) is 7.18. The monoisotopic (exact) mass is 330 g/mol. The van der Waals surface area contributed by atoms with Crippen LogP contribution in [0.25, 0.3) is 0 Å². The van der Waals surface area contributed by atoms with Crippen LogP contribution < -0.4 is 0 Å². The SMILES string of the molecule is Clc1ccc(CC2CC2)c(C2CCCCC2)c1C1CCCCC1. The average molecular weight is 331 g/mol. The molecule has 0 saturated heterocycles. The maximum absolute atomic E-state index is 6.81. The zero-order chi connectivity index (χ0) is 15.6. The van der Waals surface area contributed by atoms with E-state index in [-0.39, 0.29) is 0 Å². The predicted octanol–water partition coefficient (Wildman–Crippen LogP) is 7.39. The second-order valence-electron chi connectivity index (χ2n) is 8.35. The fraction of sp³-hybridized carbons (Fsp3) is 0.727. The van der Waals surface area contributed by atoms with Gasteiger partial charge in [0.2, 0.25) is 0 Å². The van der Waals surface area contributed by atoms with Crippen molar-refractivity contribution in [1.82, 2.24) is 0 Å². The highest BCUT2D eigenvalue weighted by atomic mass is 35.5. The third-order valence-electron chi connectivity index (χ3n) is 6.56. The Hall–Kier alpha value is -0.490. The fourth-order valence-electron chi connectivity index (χ4n) is 5.15. The summed E-state index contributed by atoms with van der Waals surface area (Å²) in [5.74, 6) is 2.51. The van der Waals surface area contributed by atoms with Gasteiger partial charge in [-0.1, -0.05) is 56.2 Å². The minimum absolute atomic E-state index is 0.743. The van der Waals surface area contributed by atoms with Crippen molar-refractivity contribution in [2.75, 3.05) is 0 Å². The van der Waals surface area contributed by atoms with Crippen molar-refractivity contribution in [3.05, 3.63) is 33.8 Å². The lowest BCUT2D eigenvalue weighted by molar-refractivity contribution is 0.417. The van der Waals surface area contributed by atoms with Crippen LogP contribution in [0.5, 0.6) is 0 Å². The smallest absolute Gasteiger partial charge is 0.0443 e. The van der Waals surface area contributed by atoms with Crippen molar-refractivity contribution in [2.45, 2.75) is 95.3 Å². The number of hydrogen-bond donors (Lipinski definition) is 0. The molecule has 0 bridgehead atoms. The van der Waals surface area contributed by atoms with E-state index >= 15 is 0 Å². The first-order chi connectivity index (χ1) is 11.3. The highest BCUT2D eigenvalue weighted by molar-refractivity contribution is 6.31. The van der Waals surface area contributed by atoms with Gasteiger partial charge in [0.05, 0.1) is 0 Å². The molecule has 126 valence electrons. The Balaban J connectivity index is 1.73. The van der Waals surface area contributed by atoms with Crippen LogP contribution in [0.3, 0.4) is 0 Å². The van der Waals surface area contributed by atoms with Crippen molar-refractivity contribution in [3.63, 3.8) is 0 Å². The van der Waals surface area contributed by atoms with Gasteiger partial charge < -0.3 is 0 Å². The molecule has 0 N–H and O–H groups in total. The summed E-state index contributed by atoms with van der Waals surface area (Å²) in [7, 11) is 0. The lowest BCUT2D eigenvalue weighted by Crippen LogP contribution is -2.15. The Morgan fingerprint density at radius 3 is 1.83 bits per heavy atom. The molecule has 0 amide bonds. The zero-order valence-electron chi connectivity index (χ0n) is 14.5. The van der Waals surface area contributed by atoms with E-state index in [1.807, 2.05) is 0 Å². The summed E-state index contributed by atoms with van der Waals surface area (Å²) in [5, 5.41) is 1.08. The second-order valence-corrected chi connectivity index (χ2v) is 8.76. The average Bonchev–Trinajstić information content (AvgIpc) is 3.42. The summed E-state index contributed by atoms with van der Waals surface area (Å²) in [6, 6.07) is 4.62. The Labute approximate surface area is 147 Å². The molecule has 0 atom stereocenters. The summed E-state index contributed by atoms with van der Waals surface area (Å²) >= 11 is 6.81. The van der Waals surface area contributed by atoms with E-state index < -0.39 is 0 Å². The maximum Gasteiger partial charge on any atom is 0.0443 e. The van der Waals surface area contributed by atoms with Crippen LogP contribution in [0, 0.1) is 5.92 Å². The molecule has 1 aromatic carbocycles. The van der Waals surface area contributed by atoms with Gasteiger partial charge in [-0.25, -0.2) is 0 Å². The van der Waals surface area contributed by atoms with Crippen LogP contribution in [0.15, 0.2) is 12.1 Å². The number of hydrogen-bond acceptors (Lipinski definition) is 0. The molecule has 0 nitrogen and oxygen atoms in total. The molecule has 0 radical (unpaired) electrons. The number of halogens is 1. The van der Waals surface area contributed by atoms with Gasteiger partial charge in [0.15, 0.2) is 0 Å².